The number of anilines is 1. The molecule has 2 aromatic carbocycles. The summed E-state index contributed by atoms with van der Waals surface area (Å²) in [6, 6.07) is 15.2. The van der Waals surface area contributed by atoms with Crippen LogP contribution >= 0.6 is 0 Å². The molecule has 0 bridgehead atoms. The number of nitrogens with one attached hydrogen (secondary N) is 3. The molecule has 0 spiro atoms. The summed E-state index contributed by atoms with van der Waals surface area (Å²) in [6.45, 7) is 7.52. The van der Waals surface area contributed by atoms with Gasteiger partial charge in [-0.05, 0) is 63.8 Å². The van der Waals surface area contributed by atoms with Crippen LogP contribution < -0.4 is 21.6 Å². The predicted octanol–water partition coefficient (Wildman–Crippen LogP) is 5.03. The second-order valence-electron chi connectivity index (χ2n) is 10.2. The lowest BCUT2D eigenvalue weighted by atomic mass is 10.1. The Morgan fingerprint density at radius 1 is 1.00 bits per heavy atom. The Balaban J connectivity index is 1.59. The van der Waals surface area contributed by atoms with Crippen molar-refractivity contribution in [2.45, 2.75) is 65.2 Å². The van der Waals surface area contributed by atoms with Gasteiger partial charge in [0.15, 0.2) is 0 Å². The first kappa shape index (κ1) is 29.2. The Kier molecular flexibility index (Phi) is 10.1. The average molecular weight is 538 g/mol. The Bertz CT molecular complexity index is 1350. The summed E-state index contributed by atoms with van der Waals surface area (Å²) in [5, 5.41) is 8.98. The molecule has 39 heavy (non-hydrogen) atoms. The van der Waals surface area contributed by atoms with Crippen molar-refractivity contribution in [1.29, 1.82) is 0 Å². The van der Waals surface area contributed by atoms with E-state index in [0.29, 0.717) is 30.7 Å². The van der Waals surface area contributed by atoms with E-state index in [1.165, 1.54) is 6.07 Å². The van der Waals surface area contributed by atoms with Crippen molar-refractivity contribution in [3.05, 3.63) is 76.1 Å². The molecule has 0 saturated heterocycles. The SMILES string of the molecule is Cc1cc(=O)oc2cc(NC(=O)C[C@H](CCCNC(=O)OC(C)(C)C)NC(=O)OCc3ccccc3)ccc12. The van der Waals surface area contributed by atoms with Gasteiger partial charge in [-0.15, -0.1) is 0 Å². The van der Waals surface area contributed by atoms with Crippen molar-refractivity contribution < 1.29 is 28.3 Å². The molecule has 0 aliphatic carbocycles. The number of amides is 3. The standard InChI is InChI=1S/C29H35N3O7/c1-19-15-26(34)38-24-16-22(12-13-23(19)24)31-25(33)17-21(11-8-14-30-27(35)39-29(2,3)4)32-28(36)37-18-20-9-6-5-7-10-20/h5-7,9-10,12-13,15-16,21H,8,11,14,17-18H2,1-4H3,(H,30,35)(H,31,33)(H,32,36)/t21-/m0/s1. The van der Waals surface area contributed by atoms with Crippen molar-refractivity contribution >= 4 is 34.8 Å². The third-order valence-electron chi connectivity index (χ3n) is 5.60. The highest BCUT2D eigenvalue weighted by Gasteiger charge is 2.19. The van der Waals surface area contributed by atoms with Gasteiger partial charge in [0.05, 0.1) is 0 Å². The highest BCUT2D eigenvalue weighted by Crippen LogP contribution is 2.21. The van der Waals surface area contributed by atoms with Crippen LogP contribution in [-0.2, 0) is 20.9 Å². The summed E-state index contributed by atoms with van der Waals surface area (Å²) in [4.78, 5) is 49.0. The maximum Gasteiger partial charge on any atom is 0.407 e. The molecule has 1 heterocycles. The number of ether oxygens (including phenoxy) is 2. The number of alkyl carbamates (subject to hydrolysis) is 2. The fourth-order valence-corrected chi connectivity index (χ4v) is 3.85. The molecule has 0 radical (unpaired) electrons. The zero-order valence-electron chi connectivity index (χ0n) is 22.7. The predicted molar refractivity (Wildman–Crippen MR) is 147 cm³/mol. The molecule has 3 rings (SSSR count). The average Bonchev–Trinajstić information content (AvgIpc) is 2.84. The summed E-state index contributed by atoms with van der Waals surface area (Å²) in [5.74, 6) is -0.349. The van der Waals surface area contributed by atoms with Gasteiger partial charge in [-0.25, -0.2) is 14.4 Å². The van der Waals surface area contributed by atoms with E-state index in [4.69, 9.17) is 13.9 Å². The lowest BCUT2D eigenvalue weighted by Crippen LogP contribution is -2.39. The molecule has 3 amide bonds. The number of rotatable bonds is 10. The topological polar surface area (TPSA) is 136 Å². The van der Waals surface area contributed by atoms with Gasteiger partial charge < -0.3 is 29.8 Å². The van der Waals surface area contributed by atoms with Crippen LogP contribution in [0.5, 0.6) is 0 Å². The van der Waals surface area contributed by atoms with Crippen LogP contribution in [-0.4, -0.2) is 36.3 Å². The highest BCUT2D eigenvalue weighted by atomic mass is 16.6. The van der Waals surface area contributed by atoms with Gasteiger partial charge in [0.25, 0.3) is 0 Å². The van der Waals surface area contributed by atoms with Crippen LogP contribution in [0.4, 0.5) is 15.3 Å². The number of benzene rings is 2. The molecule has 0 saturated carbocycles. The summed E-state index contributed by atoms with van der Waals surface area (Å²) in [6.07, 6.45) is -0.348. The van der Waals surface area contributed by atoms with Crippen molar-refractivity contribution in [2.24, 2.45) is 0 Å². The number of hydrogen-bond donors (Lipinski definition) is 3. The summed E-state index contributed by atoms with van der Waals surface area (Å²) in [7, 11) is 0. The molecule has 0 unspecified atom stereocenters. The van der Waals surface area contributed by atoms with Gasteiger partial charge in [-0.3, -0.25) is 4.79 Å². The van der Waals surface area contributed by atoms with E-state index in [1.54, 1.807) is 39.0 Å². The second kappa shape index (κ2) is 13.5. The largest absolute Gasteiger partial charge is 0.445 e. The van der Waals surface area contributed by atoms with E-state index >= 15 is 0 Å². The number of aryl methyl sites for hydroxylation is 1. The molecule has 208 valence electrons. The van der Waals surface area contributed by atoms with Crippen molar-refractivity contribution in [2.75, 3.05) is 11.9 Å². The summed E-state index contributed by atoms with van der Waals surface area (Å²) < 4.78 is 15.8. The van der Waals surface area contributed by atoms with E-state index in [-0.39, 0.29) is 18.9 Å². The Morgan fingerprint density at radius 3 is 2.46 bits per heavy atom. The molecule has 0 aliphatic heterocycles. The molecular weight excluding hydrogens is 502 g/mol. The molecule has 0 aliphatic rings. The minimum Gasteiger partial charge on any atom is -0.445 e. The maximum atomic E-state index is 12.9. The van der Waals surface area contributed by atoms with E-state index in [0.717, 1.165) is 16.5 Å². The molecule has 10 nitrogen and oxygen atoms in total. The Morgan fingerprint density at radius 2 is 1.74 bits per heavy atom. The molecule has 10 heteroatoms. The van der Waals surface area contributed by atoms with E-state index in [2.05, 4.69) is 16.0 Å². The fraction of sp³-hybridized carbons (Fsp3) is 0.379. The maximum absolute atomic E-state index is 12.9. The van der Waals surface area contributed by atoms with Gasteiger partial charge in [0, 0.05) is 42.2 Å². The summed E-state index contributed by atoms with van der Waals surface area (Å²) >= 11 is 0. The number of fused-ring (bicyclic) bond motifs is 1. The van der Waals surface area contributed by atoms with E-state index < -0.39 is 29.5 Å². The van der Waals surface area contributed by atoms with Gasteiger partial charge in [0.1, 0.15) is 17.8 Å². The van der Waals surface area contributed by atoms with Crippen LogP contribution in [0.15, 0.2) is 63.8 Å². The van der Waals surface area contributed by atoms with Crippen LogP contribution in [0, 0.1) is 6.92 Å². The normalized spacial score (nSPS) is 11.9. The Labute approximate surface area is 227 Å². The lowest BCUT2D eigenvalue weighted by molar-refractivity contribution is -0.116. The first-order valence-electron chi connectivity index (χ1n) is 12.8. The third-order valence-corrected chi connectivity index (χ3v) is 5.60. The van der Waals surface area contributed by atoms with Crippen LogP contribution in [0.3, 0.4) is 0 Å². The molecular formula is C29H35N3O7. The quantitative estimate of drug-likeness (QED) is 0.244. The molecule has 0 fully saturated rings. The van der Waals surface area contributed by atoms with Gasteiger partial charge >= 0.3 is 17.8 Å². The number of carbonyl (C=O) groups is 3. The van der Waals surface area contributed by atoms with Gasteiger partial charge in [0.2, 0.25) is 5.91 Å². The van der Waals surface area contributed by atoms with Crippen molar-refractivity contribution in [1.82, 2.24) is 10.6 Å². The van der Waals surface area contributed by atoms with Crippen LogP contribution in [0.2, 0.25) is 0 Å². The molecule has 3 N–H and O–H groups in total. The van der Waals surface area contributed by atoms with Crippen molar-refractivity contribution in [3.63, 3.8) is 0 Å². The number of hydrogen-bond acceptors (Lipinski definition) is 7. The minimum absolute atomic E-state index is 0.0390. The van der Waals surface area contributed by atoms with Crippen LogP contribution in [0.1, 0.15) is 51.2 Å². The molecule has 1 atom stereocenters. The minimum atomic E-state index is -0.653. The first-order valence-corrected chi connectivity index (χ1v) is 12.8. The zero-order chi connectivity index (χ0) is 28.4. The third kappa shape index (κ3) is 10.1. The highest BCUT2D eigenvalue weighted by molar-refractivity contribution is 5.94. The van der Waals surface area contributed by atoms with E-state index in [9.17, 15) is 19.2 Å². The first-order chi connectivity index (χ1) is 18.5. The van der Waals surface area contributed by atoms with Crippen LogP contribution in [0.25, 0.3) is 11.0 Å². The fourth-order valence-electron chi connectivity index (χ4n) is 3.85. The van der Waals surface area contributed by atoms with Gasteiger partial charge in [-0.2, -0.15) is 0 Å². The zero-order valence-corrected chi connectivity index (χ0v) is 22.7. The summed E-state index contributed by atoms with van der Waals surface area (Å²) in [5.41, 5.74) is 1.35. The number of carbonyl (C=O) groups excluding carboxylic acids is 3. The molecule has 1 aromatic heterocycles. The second-order valence-corrected chi connectivity index (χ2v) is 10.2. The van der Waals surface area contributed by atoms with E-state index in [1.807, 2.05) is 37.3 Å². The smallest absolute Gasteiger partial charge is 0.407 e. The Hall–Kier alpha value is -4.34. The lowest BCUT2D eigenvalue weighted by Gasteiger charge is -2.21. The molecule has 3 aromatic rings. The van der Waals surface area contributed by atoms with Crippen molar-refractivity contribution in [3.8, 4) is 0 Å². The van der Waals surface area contributed by atoms with Gasteiger partial charge in [-0.1, -0.05) is 30.3 Å². The monoisotopic (exact) mass is 537 g/mol.